The molecule has 0 saturated heterocycles. The summed E-state index contributed by atoms with van der Waals surface area (Å²) in [5.41, 5.74) is 6.66. The molecule has 0 saturated carbocycles. The van der Waals surface area contributed by atoms with Crippen LogP contribution in [0.15, 0.2) is 18.2 Å². The summed E-state index contributed by atoms with van der Waals surface area (Å²) in [6, 6.07) is 5.32. The minimum Gasteiger partial charge on any atom is -0.374 e. The third-order valence-corrected chi connectivity index (χ3v) is 3.60. The van der Waals surface area contributed by atoms with Crippen molar-refractivity contribution < 1.29 is 4.74 Å². The first-order valence-corrected chi connectivity index (χ1v) is 6.46. The predicted octanol–water partition coefficient (Wildman–Crippen LogP) is 3.68. The Labute approximate surface area is 113 Å². The van der Waals surface area contributed by atoms with Gasteiger partial charge >= 0.3 is 0 Å². The van der Waals surface area contributed by atoms with E-state index in [1.807, 2.05) is 39.0 Å². The molecule has 17 heavy (non-hydrogen) atoms. The topological polar surface area (TPSA) is 35.2 Å². The summed E-state index contributed by atoms with van der Waals surface area (Å²) in [4.78, 5) is 0. The molecule has 0 bridgehead atoms. The van der Waals surface area contributed by atoms with Crippen LogP contribution in [0.3, 0.4) is 0 Å². The summed E-state index contributed by atoms with van der Waals surface area (Å²) >= 11 is 12.2. The van der Waals surface area contributed by atoms with E-state index in [-0.39, 0.29) is 6.04 Å². The van der Waals surface area contributed by atoms with Crippen LogP contribution in [0.1, 0.15) is 26.3 Å². The van der Waals surface area contributed by atoms with Crippen molar-refractivity contribution in [1.82, 2.24) is 0 Å². The van der Waals surface area contributed by atoms with Crippen LogP contribution in [0.4, 0.5) is 0 Å². The Balaban J connectivity index is 2.84. The standard InChI is InChI=1S/C13H19Cl2NO/c1-4-17-13(2,3)12(16)8-9-10(14)6-5-7-11(9)15/h5-7,12H,4,8,16H2,1-3H3. The van der Waals surface area contributed by atoms with E-state index in [1.165, 1.54) is 0 Å². The maximum Gasteiger partial charge on any atom is 0.0779 e. The normalized spacial score (nSPS) is 13.8. The van der Waals surface area contributed by atoms with Crippen LogP contribution in [-0.4, -0.2) is 18.2 Å². The molecule has 0 aliphatic carbocycles. The third-order valence-electron chi connectivity index (χ3n) is 2.90. The lowest BCUT2D eigenvalue weighted by molar-refractivity contribution is -0.0288. The van der Waals surface area contributed by atoms with Crippen molar-refractivity contribution in [3.8, 4) is 0 Å². The summed E-state index contributed by atoms with van der Waals surface area (Å²) in [7, 11) is 0. The van der Waals surface area contributed by atoms with Crippen LogP contribution in [0.25, 0.3) is 0 Å². The fraction of sp³-hybridized carbons (Fsp3) is 0.538. The zero-order valence-corrected chi connectivity index (χ0v) is 12.0. The van der Waals surface area contributed by atoms with E-state index in [0.717, 1.165) is 5.56 Å². The Morgan fingerprint density at radius 1 is 1.29 bits per heavy atom. The molecular weight excluding hydrogens is 257 g/mol. The first kappa shape index (κ1) is 14.8. The fourth-order valence-corrected chi connectivity index (χ4v) is 2.22. The molecular formula is C13H19Cl2NO. The predicted molar refractivity (Wildman–Crippen MR) is 73.8 cm³/mol. The van der Waals surface area contributed by atoms with E-state index in [4.69, 9.17) is 33.7 Å². The molecule has 2 N–H and O–H groups in total. The summed E-state index contributed by atoms with van der Waals surface area (Å²) in [5, 5.41) is 1.31. The highest BCUT2D eigenvalue weighted by Crippen LogP contribution is 2.27. The number of nitrogens with two attached hydrogens (primary N) is 1. The monoisotopic (exact) mass is 275 g/mol. The molecule has 0 aromatic heterocycles. The molecule has 0 aliphatic rings. The summed E-state index contributed by atoms with van der Waals surface area (Å²) in [6.07, 6.45) is 0.603. The number of halogens is 2. The maximum atomic E-state index is 6.17. The Bertz CT molecular complexity index is 359. The Kier molecular flexibility index (Phi) is 5.26. The molecule has 0 aliphatic heterocycles. The molecule has 1 aromatic carbocycles. The minimum absolute atomic E-state index is 0.153. The molecule has 96 valence electrons. The van der Waals surface area contributed by atoms with Crippen LogP contribution in [-0.2, 0) is 11.2 Å². The SMILES string of the molecule is CCOC(C)(C)C(N)Cc1c(Cl)cccc1Cl. The number of benzene rings is 1. The van der Waals surface area contributed by atoms with Gasteiger partial charge in [-0.3, -0.25) is 0 Å². The van der Waals surface area contributed by atoms with Crippen LogP contribution >= 0.6 is 23.2 Å². The Morgan fingerprint density at radius 2 is 1.82 bits per heavy atom. The van der Waals surface area contributed by atoms with Gasteiger partial charge in [0.2, 0.25) is 0 Å². The van der Waals surface area contributed by atoms with Gasteiger partial charge in [0.05, 0.1) is 5.60 Å². The molecule has 1 atom stereocenters. The maximum absolute atomic E-state index is 6.17. The second-order valence-corrected chi connectivity index (χ2v) is 5.36. The first-order chi connectivity index (χ1) is 7.88. The number of hydrogen-bond acceptors (Lipinski definition) is 2. The van der Waals surface area contributed by atoms with Gasteiger partial charge in [0.1, 0.15) is 0 Å². The number of hydrogen-bond donors (Lipinski definition) is 1. The van der Waals surface area contributed by atoms with Crippen LogP contribution in [0.2, 0.25) is 10.0 Å². The summed E-state index contributed by atoms with van der Waals surface area (Å²) in [5.74, 6) is 0. The molecule has 0 heterocycles. The van der Waals surface area contributed by atoms with Crippen molar-refractivity contribution in [3.63, 3.8) is 0 Å². The zero-order valence-electron chi connectivity index (χ0n) is 10.5. The molecule has 0 amide bonds. The second-order valence-electron chi connectivity index (χ2n) is 4.55. The fourth-order valence-electron chi connectivity index (χ4n) is 1.67. The van der Waals surface area contributed by atoms with Gasteiger partial charge in [0.25, 0.3) is 0 Å². The van der Waals surface area contributed by atoms with Crippen LogP contribution in [0.5, 0.6) is 0 Å². The lowest BCUT2D eigenvalue weighted by atomic mass is 9.93. The smallest absolute Gasteiger partial charge is 0.0779 e. The quantitative estimate of drug-likeness (QED) is 0.890. The van der Waals surface area contributed by atoms with E-state index in [9.17, 15) is 0 Å². The molecule has 2 nitrogen and oxygen atoms in total. The molecule has 1 rings (SSSR count). The average molecular weight is 276 g/mol. The number of ether oxygens (including phenoxy) is 1. The van der Waals surface area contributed by atoms with Gasteiger partial charge in [-0.2, -0.15) is 0 Å². The van der Waals surface area contributed by atoms with Crippen molar-refractivity contribution in [3.05, 3.63) is 33.8 Å². The van der Waals surface area contributed by atoms with Gasteiger partial charge in [0.15, 0.2) is 0 Å². The van der Waals surface area contributed by atoms with E-state index in [0.29, 0.717) is 23.1 Å². The lowest BCUT2D eigenvalue weighted by Gasteiger charge is -2.31. The van der Waals surface area contributed by atoms with Gasteiger partial charge in [-0.1, -0.05) is 29.3 Å². The van der Waals surface area contributed by atoms with Crippen molar-refractivity contribution in [2.45, 2.75) is 38.8 Å². The molecule has 0 radical (unpaired) electrons. The van der Waals surface area contributed by atoms with E-state index < -0.39 is 5.60 Å². The molecule has 0 fully saturated rings. The minimum atomic E-state index is -0.392. The van der Waals surface area contributed by atoms with Crippen molar-refractivity contribution in [2.75, 3.05) is 6.61 Å². The van der Waals surface area contributed by atoms with Gasteiger partial charge in [-0.25, -0.2) is 0 Å². The highest BCUT2D eigenvalue weighted by Gasteiger charge is 2.28. The largest absolute Gasteiger partial charge is 0.374 e. The van der Waals surface area contributed by atoms with Gasteiger partial charge in [0, 0.05) is 22.7 Å². The zero-order chi connectivity index (χ0) is 13.1. The van der Waals surface area contributed by atoms with Crippen molar-refractivity contribution >= 4 is 23.2 Å². The second kappa shape index (κ2) is 6.05. The van der Waals surface area contributed by atoms with Gasteiger partial charge in [-0.05, 0) is 44.9 Å². The Hall–Kier alpha value is -0.280. The highest BCUT2D eigenvalue weighted by molar-refractivity contribution is 6.36. The van der Waals surface area contributed by atoms with Crippen LogP contribution in [0, 0.1) is 0 Å². The van der Waals surface area contributed by atoms with E-state index >= 15 is 0 Å². The first-order valence-electron chi connectivity index (χ1n) is 5.71. The van der Waals surface area contributed by atoms with Crippen molar-refractivity contribution in [1.29, 1.82) is 0 Å². The van der Waals surface area contributed by atoms with Gasteiger partial charge in [-0.15, -0.1) is 0 Å². The molecule has 4 heteroatoms. The summed E-state index contributed by atoms with van der Waals surface area (Å²) < 4.78 is 5.63. The highest BCUT2D eigenvalue weighted by atomic mass is 35.5. The average Bonchev–Trinajstić information content (AvgIpc) is 2.23. The van der Waals surface area contributed by atoms with Crippen LogP contribution < -0.4 is 5.73 Å². The number of rotatable bonds is 5. The Morgan fingerprint density at radius 3 is 2.29 bits per heavy atom. The van der Waals surface area contributed by atoms with Crippen molar-refractivity contribution in [2.24, 2.45) is 5.73 Å². The summed E-state index contributed by atoms with van der Waals surface area (Å²) in [6.45, 7) is 6.55. The van der Waals surface area contributed by atoms with E-state index in [2.05, 4.69) is 0 Å². The molecule has 1 unspecified atom stereocenters. The molecule has 0 spiro atoms. The van der Waals surface area contributed by atoms with E-state index in [1.54, 1.807) is 0 Å². The third kappa shape index (κ3) is 3.85. The lowest BCUT2D eigenvalue weighted by Crippen LogP contribution is -2.46. The molecule has 1 aromatic rings. The van der Waals surface area contributed by atoms with Gasteiger partial charge < -0.3 is 10.5 Å².